The van der Waals surface area contributed by atoms with E-state index in [0.717, 1.165) is 12.2 Å². The van der Waals surface area contributed by atoms with E-state index in [1.807, 2.05) is 23.2 Å². The van der Waals surface area contributed by atoms with E-state index in [-0.39, 0.29) is 67.1 Å². The maximum absolute atomic E-state index is 15.7. The van der Waals surface area contributed by atoms with E-state index < -0.39 is 28.9 Å². The number of likely N-dealkylation sites (tertiary alicyclic amines) is 1. The van der Waals surface area contributed by atoms with Gasteiger partial charge in [-0.15, -0.1) is 0 Å². The van der Waals surface area contributed by atoms with Gasteiger partial charge in [0.05, 0.1) is 57.8 Å². The molecule has 1 spiro atoms. The van der Waals surface area contributed by atoms with E-state index in [4.69, 9.17) is 14.5 Å². The molecule has 4 aliphatic rings. The molecular weight excluding hydrogens is 861 g/mol. The number of benzene rings is 3. The number of hydrogen-bond donors (Lipinski definition) is 3. The zero-order valence-corrected chi connectivity index (χ0v) is 37.1. The van der Waals surface area contributed by atoms with Crippen LogP contribution in [-0.2, 0) is 21.4 Å². The number of rotatable bonds is 11. The van der Waals surface area contributed by atoms with Gasteiger partial charge in [-0.05, 0) is 75.5 Å². The number of carbonyl (C=O) groups excluding carboxylic acids is 3. The van der Waals surface area contributed by atoms with Crippen molar-refractivity contribution < 1.29 is 37.7 Å². The Morgan fingerprint density at radius 1 is 1.08 bits per heavy atom. The number of nitriles is 1. The van der Waals surface area contributed by atoms with Crippen LogP contribution in [0.4, 0.5) is 30.8 Å². The number of halogens is 2. The van der Waals surface area contributed by atoms with Crippen molar-refractivity contribution in [3.05, 3.63) is 71.6 Å². The van der Waals surface area contributed by atoms with Crippen LogP contribution < -0.4 is 24.6 Å². The van der Waals surface area contributed by atoms with Crippen molar-refractivity contribution >= 4 is 69.1 Å². The molecule has 3 N–H and O–H groups in total. The van der Waals surface area contributed by atoms with E-state index in [2.05, 4.69) is 26.2 Å². The standard InChI is InChI=1S/C45H49F2N11O6S/c1-4-54(2)65-53-33-8-6-31(46)41(30(33)24-48)64-28-5-7-34-35(19-28)50-36(25-49-34)27-22-45(63-26-27)12-17-57(18-13-45)40(60)23-44(62)10-15-56(16-11-44)38-21-37-29(20-32(38)47)42(52-55(37)3)58-14-9-39(59)51-43(58)61/h5-8,19-21,25,27,53,62H,4,9-18,22-23,26H2,1-3H3,(H,51,59,61). The Kier molecular flexibility index (Phi) is 12.0. The molecule has 0 saturated carbocycles. The fourth-order valence-corrected chi connectivity index (χ4v) is 9.72. The Morgan fingerprint density at radius 2 is 1.86 bits per heavy atom. The number of urea groups is 1. The first-order valence-electron chi connectivity index (χ1n) is 21.7. The monoisotopic (exact) mass is 909 g/mol. The summed E-state index contributed by atoms with van der Waals surface area (Å²) in [6, 6.07) is 12.3. The van der Waals surface area contributed by atoms with Gasteiger partial charge in [0.25, 0.3) is 0 Å². The van der Waals surface area contributed by atoms with Crippen molar-refractivity contribution in [1.29, 1.82) is 5.26 Å². The van der Waals surface area contributed by atoms with E-state index in [1.54, 1.807) is 47.1 Å². The number of hydrogen-bond acceptors (Lipinski definition) is 14. The number of nitrogens with one attached hydrogen (secondary N) is 2. The normalized spacial score (nSPS) is 19.6. The quantitative estimate of drug-likeness (QED) is 0.128. The second kappa shape index (κ2) is 17.7. The zero-order valence-electron chi connectivity index (χ0n) is 36.3. The summed E-state index contributed by atoms with van der Waals surface area (Å²) in [5.41, 5.74) is 1.68. The Morgan fingerprint density at radius 3 is 2.60 bits per heavy atom. The maximum Gasteiger partial charge on any atom is 0.329 e. The molecule has 4 amide bonds. The summed E-state index contributed by atoms with van der Waals surface area (Å²) in [6.07, 6.45) is 4.34. The summed E-state index contributed by atoms with van der Waals surface area (Å²) in [6.45, 7) is 4.96. The minimum Gasteiger partial charge on any atom is -0.453 e. The molecule has 4 aliphatic heterocycles. The van der Waals surface area contributed by atoms with Crippen LogP contribution in [-0.4, -0.2) is 116 Å². The van der Waals surface area contributed by atoms with E-state index in [9.17, 15) is 24.8 Å². The molecule has 17 nitrogen and oxygen atoms in total. The van der Waals surface area contributed by atoms with Crippen LogP contribution in [0, 0.1) is 23.0 Å². The van der Waals surface area contributed by atoms with Gasteiger partial charge in [-0.3, -0.25) is 29.5 Å². The van der Waals surface area contributed by atoms with Crippen LogP contribution in [0.5, 0.6) is 11.5 Å². The third-order valence-electron chi connectivity index (χ3n) is 13.1. The number of anilines is 3. The molecule has 3 aromatic carbocycles. The number of carbonyl (C=O) groups is 3. The van der Waals surface area contributed by atoms with E-state index in [1.165, 1.54) is 35.2 Å². The van der Waals surface area contributed by atoms with Crippen LogP contribution in [0.3, 0.4) is 0 Å². The number of fused-ring (bicyclic) bond motifs is 2. The number of imide groups is 1. The van der Waals surface area contributed by atoms with Crippen molar-refractivity contribution in [2.75, 3.05) is 67.4 Å². The first kappa shape index (κ1) is 44.1. The number of piperidine rings is 2. The van der Waals surface area contributed by atoms with Crippen LogP contribution in [0.1, 0.15) is 69.0 Å². The number of amides is 4. The molecule has 20 heteroatoms. The maximum atomic E-state index is 15.7. The Balaban J connectivity index is 0.792. The highest BCUT2D eigenvalue weighted by Gasteiger charge is 2.45. The Hall–Kier alpha value is -6.14. The summed E-state index contributed by atoms with van der Waals surface area (Å²) in [5.74, 6) is -1.32. The number of aryl methyl sites for hydroxylation is 1. The molecule has 6 heterocycles. The molecule has 0 aliphatic carbocycles. The summed E-state index contributed by atoms with van der Waals surface area (Å²) in [5, 5.41) is 28.7. The zero-order chi connectivity index (χ0) is 45.6. The van der Waals surface area contributed by atoms with Crippen molar-refractivity contribution in [3.63, 3.8) is 0 Å². The van der Waals surface area contributed by atoms with Crippen molar-refractivity contribution in [1.82, 2.24) is 34.3 Å². The lowest BCUT2D eigenvalue weighted by atomic mass is 9.83. The third-order valence-corrected chi connectivity index (χ3v) is 14.0. The van der Waals surface area contributed by atoms with E-state index >= 15 is 8.78 Å². The second-order valence-electron chi connectivity index (χ2n) is 17.3. The van der Waals surface area contributed by atoms with Gasteiger partial charge < -0.3 is 29.1 Å². The highest BCUT2D eigenvalue weighted by Crippen LogP contribution is 2.44. The van der Waals surface area contributed by atoms with Gasteiger partial charge in [0, 0.05) is 88.4 Å². The number of aliphatic hydroxyl groups is 1. The highest BCUT2D eigenvalue weighted by molar-refractivity contribution is 7.98. The predicted molar refractivity (Wildman–Crippen MR) is 239 cm³/mol. The molecule has 1 atom stereocenters. The topological polar surface area (TPSA) is 194 Å². The molecule has 4 fully saturated rings. The summed E-state index contributed by atoms with van der Waals surface area (Å²) in [7, 11) is 3.60. The molecule has 4 saturated heterocycles. The van der Waals surface area contributed by atoms with Crippen LogP contribution in [0.15, 0.2) is 48.7 Å². The minimum absolute atomic E-state index is 0.0366. The molecular formula is C45H49F2N11O6S. The van der Waals surface area contributed by atoms with Crippen LogP contribution in [0.25, 0.3) is 21.9 Å². The number of ether oxygens (including phenoxy) is 2. The number of nitrogens with zero attached hydrogens (tertiary/aromatic N) is 9. The minimum atomic E-state index is -1.24. The first-order valence-corrected chi connectivity index (χ1v) is 22.5. The summed E-state index contributed by atoms with van der Waals surface area (Å²) in [4.78, 5) is 52.4. The van der Waals surface area contributed by atoms with Gasteiger partial charge in [0.1, 0.15) is 23.2 Å². The molecule has 340 valence electrons. The van der Waals surface area contributed by atoms with Gasteiger partial charge in [-0.25, -0.2) is 22.9 Å². The molecule has 2 aromatic heterocycles. The molecule has 0 radical (unpaired) electrons. The van der Waals surface area contributed by atoms with Gasteiger partial charge in [0.2, 0.25) is 11.8 Å². The van der Waals surface area contributed by atoms with Gasteiger partial charge in [-0.1, -0.05) is 6.92 Å². The molecule has 65 heavy (non-hydrogen) atoms. The van der Waals surface area contributed by atoms with E-state index in [0.29, 0.717) is 91.1 Å². The lowest BCUT2D eigenvalue weighted by Crippen LogP contribution is -2.51. The summed E-state index contributed by atoms with van der Waals surface area (Å²) < 4.78 is 49.8. The molecule has 0 bridgehead atoms. The first-order chi connectivity index (χ1) is 31.2. The van der Waals surface area contributed by atoms with Crippen molar-refractivity contribution in [2.24, 2.45) is 7.05 Å². The van der Waals surface area contributed by atoms with Crippen molar-refractivity contribution in [3.8, 4) is 17.6 Å². The lowest BCUT2D eigenvalue weighted by Gasteiger charge is -2.42. The van der Waals surface area contributed by atoms with Crippen LogP contribution in [0.2, 0.25) is 0 Å². The predicted octanol–water partition coefficient (Wildman–Crippen LogP) is 6.12. The number of aromatic nitrogens is 4. The van der Waals surface area contributed by atoms with Crippen LogP contribution >= 0.6 is 12.1 Å². The fraction of sp³-hybridized carbons (Fsp3) is 0.444. The molecule has 5 aromatic rings. The largest absolute Gasteiger partial charge is 0.453 e. The average molecular weight is 910 g/mol. The van der Waals surface area contributed by atoms with Gasteiger partial charge >= 0.3 is 6.03 Å². The highest BCUT2D eigenvalue weighted by atomic mass is 32.2. The fourth-order valence-electron chi connectivity index (χ4n) is 9.16. The molecule has 1 unspecified atom stereocenters. The lowest BCUT2D eigenvalue weighted by molar-refractivity contribution is -0.142. The average Bonchev–Trinajstić information content (AvgIpc) is 3.85. The van der Waals surface area contributed by atoms with Crippen molar-refractivity contribution in [2.45, 2.75) is 69.0 Å². The molecule has 9 rings (SSSR count). The SMILES string of the molecule is CCN(C)SNc1ccc(F)c(Oc2ccc3ncc(C4COC5(CCN(C(=O)CC6(O)CCN(c7cc8c(cc7F)c(N7CCC(=O)NC7=O)nn8C)CC6)CC5)C4)nc3c2)c1C#N. The third kappa shape index (κ3) is 8.85. The van der Waals surface area contributed by atoms with Gasteiger partial charge in [-0.2, -0.15) is 10.4 Å². The van der Waals surface area contributed by atoms with Gasteiger partial charge in [0.15, 0.2) is 17.4 Å². The smallest absolute Gasteiger partial charge is 0.329 e. The Labute approximate surface area is 377 Å². The Bertz CT molecular complexity index is 2730. The second-order valence-corrected chi connectivity index (χ2v) is 18.3. The summed E-state index contributed by atoms with van der Waals surface area (Å²) >= 11 is 1.29.